The van der Waals surface area contributed by atoms with Crippen LogP contribution < -0.4 is 208 Å². The van der Waals surface area contributed by atoms with Crippen molar-refractivity contribution in [2.45, 2.75) is 36.9 Å². The SMILES string of the molecule is O.O=C([O-])CC(O)(CC(=O)[O-])C(=O)[O-].O=C([O-])CC(O)(CC(=O)[O-])C(=O)[O-].[Na+].[Na+].[Na+].[Na+].[Na+].[Na+]. The molecule has 0 rings (SSSR count). The molecule has 0 aliphatic carbocycles. The zero-order valence-corrected chi connectivity index (χ0v) is 31.1. The minimum absolute atomic E-state index is 0. The number of carbonyl (C=O) groups is 6. The number of rotatable bonds is 10. The second kappa shape index (κ2) is 29.3. The summed E-state index contributed by atoms with van der Waals surface area (Å²) in [5.74, 6) is -12.0. The Labute approximate surface area is 319 Å². The molecule has 0 unspecified atom stereocenters. The van der Waals surface area contributed by atoms with Crippen molar-refractivity contribution in [3.63, 3.8) is 0 Å². The van der Waals surface area contributed by atoms with Gasteiger partial charge in [-0.05, 0) is 0 Å². The van der Waals surface area contributed by atoms with Gasteiger partial charge in [0, 0.05) is 49.6 Å². The molecule has 0 bridgehead atoms. The smallest absolute Gasteiger partial charge is 0.550 e. The zero-order chi connectivity index (χ0) is 21.3. The van der Waals surface area contributed by atoms with Crippen molar-refractivity contribution in [1.29, 1.82) is 0 Å². The van der Waals surface area contributed by atoms with Crippen LogP contribution >= 0.6 is 0 Å². The van der Waals surface area contributed by atoms with E-state index < -0.39 is 72.7 Å². The van der Waals surface area contributed by atoms with Crippen molar-refractivity contribution < 1.29 is 252 Å². The maximum Gasteiger partial charge on any atom is 1.00 e. The van der Waals surface area contributed by atoms with E-state index in [4.69, 9.17) is 10.2 Å². The molecular formula is C12H12Na6O15. The first-order valence-electron chi connectivity index (χ1n) is 6.23. The van der Waals surface area contributed by atoms with E-state index >= 15 is 0 Å². The van der Waals surface area contributed by atoms with Crippen molar-refractivity contribution in [1.82, 2.24) is 0 Å². The van der Waals surface area contributed by atoms with E-state index in [1.807, 2.05) is 0 Å². The number of hydrogen-bond donors (Lipinski definition) is 2. The van der Waals surface area contributed by atoms with E-state index in [0.717, 1.165) is 0 Å². The molecule has 0 saturated heterocycles. The fourth-order valence-corrected chi connectivity index (χ4v) is 1.37. The van der Waals surface area contributed by atoms with Crippen LogP contribution in [0.1, 0.15) is 25.7 Å². The molecule has 0 fully saturated rings. The number of carboxylic acid groups (broad SMARTS) is 6. The first-order chi connectivity index (χ1) is 11.6. The maximum absolute atomic E-state index is 10.1. The van der Waals surface area contributed by atoms with Gasteiger partial charge in [-0.15, -0.1) is 0 Å². The third-order valence-corrected chi connectivity index (χ3v) is 2.51. The van der Waals surface area contributed by atoms with Crippen molar-refractivity contribution in [3.05, 3.63) is 0 Å². The molecule has 15 nitrogen and oxygen atoms in total. The summed E-state index contributed by atoms with van der Waals surface area (Å²) in [5, 5.41) is 77.9. The van der Waals surface area contributed by atoms with Gasteiger partial charge in [0.2, 0.25) is 0 Å². The first kappa shape index (κ1) is 60.3. The average molecular weight is 534 g/mol. The van der Waals surface area contributed by atoms with E-state index in [-0.39, 0.29) is 183 Å². The van der Waals surface area contributed by atoms with Crippen molar-refractivity contribution in [2.24, 2.45) is 0 Å². The molecule has 33 heavy (non-hydrogen) atoms. The summed E-state index contributed by atoms with van der Waals surface area (Å²) >= 11 is 0. The summed E-state index contributed by atoms with van der Waals surface area (Å²) in [6, 6.07) is 0. The number of carboxylic acids is 6. The Morgan fingerprint density at radius 3 is 0.636 bits per heavy atom. The average Bonchev–Trinajstić information content (AvgIpc) is 2.34. The molecule has 156 valence electrons. The monoisotopic (exact) mass is 534 g/mol. The Morgan fingerprint density at radius 1 is 0.455 bits per heavy atom. The summed E-state index contributed by atoms with van der Waals surface area (Å²) in [4.78, 5) is 60.0. The van der Waals surface area contributed by atoms with Crippen LogP contribution in [0, 0.1) is 0 Å². The second-order valence-electron chi connectivity index (χ2n) is 4.83. The van der Waals surface area contributed by atoms with Gasteiger partial charge in [-0.1, -0.05) is 0 Å². The van der Waals surface area contributed by atoms with Gasteiger partial charge in [-0.3, -0.25) is 0 Å². The molecule has 0 aromatic rings. The maximum atomic E-state index is 10.1. The van der Waals surface area contributed by atoms with E-state index in [2.05, 4.69) is 0 Å². The molecule has 0 spiro atoms. The van der Waals surface area contributed by atoms with Gasteiger partial charge < -0.3 is 75.1 Å². The third-order valence-electron chi connectivity index (χ3n) is 2.51. The van der Waals surface area contributed by atoms with Crippen molar-refractivity contribution in [3.8, 4) is 0 Å². The van der Waals surface area contributed by atoms with Gasteiger partial charge in [0.05, 0.1) is 11.9 Å². The van der Waals surface area contributed by atoms with Gasteiger partial charge in [-0.2, -0.15) is 0 Å². The molecule has 0 atom stereocenters. The Bertz CT molecular complexity index is 530. The molecular weight excluding hydrogens is 522 g/mol. The Morgan fingerprint density at radius 2 is 0.576 bits per heavy atom. The normalized spacial score (nSPS) is 8.55. The van der Waals surface area contributed by atoms with Crippen LogP contribution in [0.4, 0.5) is 0 Å². The standard InChI is InChI=1S/2C6H8O7.6Na.H2O/c2*7-3(8)1-6(13,5(11)12)2-4(9)10;;;;;;;/h2*13H,1-2H2,(H,7,8)(H,9,10)(H,11,12);;;;;;;1H2/q;;6*+1;/p-6. The van der Waals surface area contributed by atoms with Crippen molar-refractivity contribution >= 4 is 35.8 Å². The quantitative estimate of drug-likeness (QED) is 0.246. The van der Waals surface area contributed by atoms with E-state index in [1.165, 1.54) is 0 Å². The summed E-state index contributed by atoms with van der Waals surface area (Å²) < 4.78 is 0. The minimum atomic E-state index is -2.97. The fraction of sp³-hybridized carbons (Fsp3) is 0.500. The molecule has 0 radical (unpaired) electrons. The molecule has 0 aliphatic rings. The Balaban J connectivity index is -0.0000000411. The van der Waals surface area contributed by atoms with Crippen LogP contribution in [0.2, 0.25) is 0 Å². The zero-order valence-electron chi connectivity index (χ0n) is 19.1. The van der Waals surface area contributed by atoms with Crippen LogP contribution in [0.3, 0.4) is 0 Å². The molecule has 0 saturated carbocycles. The van der Waals surface area contributed by atoms with E-state index in [1.54, 1.807) is 0 Å². The number of carbonyl (C=O) groups excluding carboxylic acids is 6. The van der Waals surface area contributed by atoms with Gasteiger partial charge in [0.15, 0.2) is 0 Å². The predicted octanol–water partition coefficient (Wildman–Crippen LogP) is -29.3. The van der Waals surface area contributed by atoms with Crippen LogP contribution in [-0.4, -0.2) is 62.7 Å². The molecule has 21 heteroatoms. The van der Waals surface area contributed by atoms with Gasteiger partial charge in [0.1, 0.15) is 11.2 Å². The Kier molecular flexibility index (Phi) is 53.5. The van der Waals surface area contributed by atoms with Crippen LogP contribution in [0.15, 0.2) is 0 Å². The molecule has 0 aromatic carbocycles. The van der Waals surface area contributed by atoms with Crippen molar-refractivity contribution in [2.75, 3.05) is 0 Å². The Hall–Kier alpha value is 2.70. The third kappa shape index (κ3) is 30.8. The predicted molar refractivity (Wildman–Crippen MR) is 62.0 cm³/mol. The summed E-state index contributed by atoms with van der Waals surface area (Å²) in [5.41, 5.74) is -5.95. The second-order valence-corrected chi connectivity index (χ2v) is 4.83. The minimum Gasteiger partial charge on any atom is -0.550 e. The number of aliphatic carboxylic acids is 6. The van der Waals surface area contributed by atoms with Gasteiger partial charge >= 0.3 is 177 Å². The molecule has 0 aromatic heterocycles. The number of hydrogen-bond acceptors (Lipinski definition) is 14. The first-order valence-corrected chi connectivity index (χ1v) is 6.23. The largest absolute Gasteiger partial charge is 1.00 e. The molecule has 4 N–H and O–H groups in total. The topological polar surface area (TPSA) is 313 Å². The molecule has 0 heterocycles. The van der Waals surface area contributed by atoms with Crippen LogP contribution in [0.25, 0.3) is 0 Å². The van der Waals surface area contributed by atoms with E-state index in [9.17, 15) is 59.4 Å². The summed E-state index contributed by atoms with van der Waals surface area (Å²) in [6.45, 7) is 0. The van der Waals surface area contributed by atoms with E-state index in [0.29, 0.717) is 0 Å². The molecule has 0 amide bonds. The summed E-state index contributed by atoms with van der Waals surface area (Å²) in [7, 11) is 0. The molecule has 0 aliphatic heterocycles. The van der Waals surface area contributed by atoms with Gasteiger partial charge in [-0.25, -0.2) is 0 Å². The summed E-state index contributed by atoms with van der Waals surface area (Å²) in [6.07, 6.45) is -5.43. The van der Waals surface area contributed by atoms with Gasteiger partial charge in [0.25, 0.3) is 0 Å². The van der Waals surface area contributed by atoms with Crippen LogP contribution in [-0.2, 0) is 28.8 Å². The fourth-order valence-electron chi connectivity index (χ4n) is 1.37. The number of aliphatic hydroxyl groups is 2. The van der Waals surface area contributed by atoms with Crippen LogP contribution in [0.5, 0.6) is 0 Å².